The molecule has 0 spiro atoms. The molecule has 0 bridgehead atoms. The minimum atomic E-state index is -0.380. The van der Waals surface area contributed by atoms with E-state index in [2.05, 4.69) is 47.0 Å². The van der Waals surface area contributed by atoms with E-state index in [1.807, 2.05) is 35.0 Å². The number of aliphatic hydroxyl groups excluding tert-OH is 1. The predicted octanol–water partition coefficient (Wildman–Crippen LogP) is 3.66. The Morgan fingerprint density at radius 2 is 2.03 bits per heavy atom. The fourth-order valence-corrected chi connectivity index (χ4v) is 3.56. The average Bonchev–Trinajstić information content (AvgIpc) is 3.13. The van der Waals surface area contributed by atoms with Gasteiger partial charge in [-0.2, -0.15) is 9.61 Å². The number of anilines is 2. The van der Waals surface area contributed by atoms with Crippen molar-refractivity contribution in [1.29, 1.82) is 0 Å². The van der Waals surface area contributed by atoms with Crippen LogP contribution in [-0.2, 0) is 6.54 Å². The summed E-state index contributed by atoms with van der Waals surface area (Å²) in [7, 11) is 0. The van der Waals surface area contributed by atoms with E-state index < -0.39 is 0 Å². The van der Waals surface area contributed by atoms with E-state index in [9.17, 15) is 5.11 Å². The van der Waals surface area contributed by atoms with Crippen LogP contribution in [0, 0.1) is 0 Å². The van der Waals surface area contributed by atoms with Gasteiger partial charge in [0.15, 0.2) is 5.65 Å². The summed E-state index contributed by atoms with van der Waals surface area (Å²) in [6.07, 6.45) is 2.25. The quantitative estimate of drug-likeness (QED) is 0.475. The summed E-state index contributed by atoms with van der Waals surface area (Å²) in [5.74, 6) is 1.95. The monoisotopic (exact) mass is 432 g/mol. The summed E-state index contributed by atoms with van der Waals surface area (Å²) in [5.41, 5.74) is 3.15. The minimum Gasteiger partial charge on any atom is -0.391 e. The zero-order valence-electron chi connectivity index (χ0n) is 16.8. The van der Waals surface area contributed by atoms with Gasteiger partial charge in [-0.15, -0.1) is 12.4 Å². The molecule has 0 amide bonds. The number of aliphatic hydroxyl groups is 1. The third-order valence-corrected chi connectivity index (χ3v) is 5.22. The van der Waals surface area contributed by atoms with Gasteiger partial charge in [-0.3, -0.25) is 0 Å². The van der Waals surface area contributed by atoms with Gasteiger partial charge in [0, 0.05) is 24.7 Å². The SMILES string of the molecule is C.CC(C)c1cnn2c(NCc3ccccc3)cc(NC3CNCC[C@H]3O)nc12.Cl. The maximum atomic E-state index is 10.3. The first-order chi connectivity index (χ1) is 13.6. The van der Waals surface area contributed by atoms with Crippen molar-refractivity contribution in [2.75, 3.05) is 23.7 Å². The number of hydrogen-bond donors (Lipinski definition) is 4. The number of halogens is 1. The van der Waals surface area contributed by atoms with E-state index in [0.717, 1.165) is 42.4 Å². The van der Waals surface area contributed by atoms with Crippen molar-refractivity contribution < 1.29 is 5.11 Å². The number of fused-ring (bicyclic) bond motifs is 1. The van der Waals surface area contributed by atoms with Gasteiger partial charge in [0.2, 0.25) is 0 Å². The van der Waals surface area contributed by atoms with Gasteiger partial charge in [0.1, 0.15) is 11.6 Å². The van der Waals surface area contributed by atoms with Crippen LogP contribution >= 0.6 is 12.4 Å². The second-order valence-electron chi connectivity index (χ2n) is 7.67. The molecule has 3 aromatic rings. The lowest BCUT2D eigenvalue weighted by atomic mass is 10.0. The second kappa shape index (κ2) is 10.6. The molecule has 0 aliphatic carbocycles. The first kappa shape index (κ1) is 23.9. The lowest BCUT2D eigenvalue weighted by molar-refractivity contribution is 0.124. The number of aromatic nitrogens is 3. The van der Waals surface area contributed by atoms with Crippen LogP contribution < -0.4 is 16.0 Å². The molecule has 4 rings (SSSR count). The Kier molecular flexibility index (Phi) is 8.46. The van der Waals surface area contributed by atoms with Crippen molar-refractivity contribution in [3.8, 4) is 0 Å². The highest BCUT2D eigenvalue weighted by Crippen LogP contribution is 2.25. The van der Waals surface area contributed by atoms with Gasteiger partial charge < -0.3 is 21.1 Å². The van der Waals surface area contributed by atoms with Crippen LogP contribution in [0.5, 0.6) is 0 Å². The molecule has 8 heteroatoms. The van der Waals surface area contributed by atoms with Gasteiger partial charge in [-0.1, -0.05) is 51.6 Å². The molecule has 2 atom stereocenters. The maximum absolute atomic E-state index is 10.3. The number of piperidine rings is 1. The molecule has 1 aromatic carbocycles. The molecular formula is C22H33ClN6O. The summed E-state index contributed by atoms with van der Waals surface area (Å²) in [6, 6.07) is 12.2. The van der Waals surface area contributed by atoms with Crippen molar-refractivity contribution in [3.63, 3.8) is 0 Å². The first-order valence-electron chi connectivity index (χ1n) is 9.93. The highest BCUT2D eigenvalue weighted by atomic mass is 35.5. The van der Waals surface area contributed by atoms with Crippen molar-refractivity contribution in [1.82, 2.24) is 19.9 Å². The Morgan fingerprint density at radius 3 is 2.73 bits per heavy atom. The van der Waals surface area contributed by atoms with E-state index in [1.165, 1.54) is 5.56 Å². The predicted molar refractivity (Wildman–Crippen MR) is 126 cm³/mol. The van der Waals surface area contributed by atoms with Gasteiger partial charge in [-0.05, 0) is 24.4 Å². The smallest absolute Gasteiger partial charge is 0.163 e. The molecular weight excluding hydrogens is 400 g/mol. The van der Waals surface area contributed by atoms with Crippen LogP contribution in [-0.4, -0.2) is 44.9 Å². The number of rotatable bonds is 6. The highest BCUT2D eigenvalue weighted by molar-refractivity contribution is 5.85. The van der Waals surface area contributed by atoms with Crippen LogP contribution in [0.15, 0.2) is 42.6 Å². The number of hydrogen-bond acceptors (Lipinski definition) is 6. The second-order valence-corrected chi connectivity index (χ2v) is 7.67. The minimum absolute atomic E-state index is 0. The van der Waals surface area contributed by atoms with E-state index in [1.54, 1.807) is 0 Å². The molecule has 0 radical (unpaired) electrons. The highest BCUT2D eigenvalue weighted by Gasteiger charge is 2.23. The Hall–Kier alpha value is -2.35. The molecule has 1 fully saturated rings. The van der Waals surface area contributed by atoms with Crippen LogP contribution in [0.25, 0.3) is 5.65 Å². The van der Waals surface area contributed by atoms with Crippen LogP contribution in [0.4, 0.5) is 11.6 Å². The molecule has 1 aliphatic heterocycles. The Bertz CT molecular complexity index is 930. The fraction of sp³-hybridized carbons (Fsp3) is 0.455. The molecule has 30 heavy (non-hydrogen) atoms. The number of nitrogens with zero attached hydrogens (tertiary/aromatic N) is 3. The molecule has 4 N–H and O–H groups in total. The normalized spacial score (nSPS) is 18.5. The van der Waals surface area contributed by atoms with Gasteiger partial charge in [0.25, 0.3) is 0 Å². The summed E-state index contributed by atoms with van der Waals surface area (Å²) in [5, 5.41) is 25.1. The molecule has 3 heterocycles. The van der Waals surface area contributed by atoms with Crippen LogP contribution in [0.3, 0.4) is 0 Å². The molecule has 164 valence electrons. The van der Waals surface area contributed by atoms with E-state index in [0.29, 0.717) is 12.5 Å². The molecule has 1 aliphatic rings. The Balaban J connectivity index is 0.00000160. The summed E-state index contributed by atoms with van der Waals surface area (Å²) in [4.78, 5) is 4.81. The van der Waals surface area contributed by atoms with Gasteiger partial charge >= 0.3 is 0 Å². The van der Waals surface area contributed by atoms with Gasteiger partial charge in [0.05, 0.1) is 18.3 Å². The summed E-state index contributed by atoms with van der Waals surface area (Å²) >= 11 is 0. The van der Waals surface area contributed by atoms with Gasteiger partial charge in [-0.25, -0.2) is 4.98 Å². The largest absolute Gasteiger partial charge is 0.391 e. The standard InChI is InChI=1S/C21H28N6O.CH4.ClH/c1-14(2)16-12-24-27-20(23-11-15-6-4-3-5-7-15)10-19(26-21(16)27)25-17-13-22-9-8-18(17)28;;/h3-7,10,12,14,17-18,22-23,28H,8-9,11,13H2,1-2H3,(H,25,26);1H4;1H/t17?,18-;;/m1../s1. The summed E-state index contributed by atoms with van der Waals surface area (Å²) < 4.78 is 1.86. The van der Waals surface area contributed by atoms with Crippen LogP contribution in [0.2, 0.25) is 0 Å². The van der Waals surface area contributed by atoms with E-state index in [4.69, 9.17) is 4.98 Å². The number of benzene rings is 1. The molecule has 1 unspecified atom stereocenters. The van der Waals surface area contributed by atoms with E-state index in [-0.39, 0.29) is 32.0 Å². The molecule has 2 aromatic heterocycles. The summed E-state index contributed by atoms with van der Waals surface area (Å²) in [6.45, 7) is 6.55. The lowest BCUT2D eigenvalue weighted by Gasteiger charge is -2.29. The van der Waals surface area contributed by atoms with Crippen molar-refractivity contribution in [3.05, 3.63) is 53.7 Å². The molecule has 0 saturated carbocycles. The fourth-order valence-electron chi connectivity index (χ4n) is 3.56. The third-order valence-electron chi connectivity index (χ3n) is 5.22. The Morgan fingerprint density at radius 1 is 1.27 bits per heavy atom. The molecule has 1 saturated heterocycles. The third kappa shape index (κ3) is 5.22. The first-order valence-corrected chi connectivity index (χ1v) is 9.93. The van der Waals surface area contributed by atoms with Crippen molar-refractivity contribution >= 4 is 29.7 Å². The van der Waals surface area contributed by atoms with Crippen molar-refractivity contribution in [2.24, 2.45) is 0 Å². The lowest BCUT2D eigenvalue weighted by Crippen LogP contribution is -2.48. The Labute approximate surface area is 184 Å². The van der Waals surface area contributed by atoms with Crippen LogP contribution in [0.1, 0.15) is 44.7 Å². The van der Waals surface area contributed by atoms with E-state index >= 15 is 0 Å². The topological polar surface area (TPSA) is 86.5 Å². The number of nitrogens with one attached hydrogen (secondary N) is 3. The maximum Gasteiger partial charge on any atom is 0.163 e. The zero-order chi connectivity index (χ0) is 19.5. The van der Waals surface area contributed by atoms with Crippen molar-refractivity contribution in [2.45, 2.75) is 52.3 Å². The molecule has 7 nitrogen and oxygen atoms in total. The zero-order valence-corrected chi connectivity index (χ0v) is 17.6. The average molecular weight is 433 g/mol.